The van der Waals surface area contributed by atoms with Gasteiger partial charge in [0, 0.05) is 16.3 Å². The normalized spacial score (nSPS) is 11.3. The van der Waals surface area contributed by atoms with Crippen molar-refractivity contribution in [1.82, 2.24) is 9.38 Å². The molecule has 43 heavy (non-hydrogen) atoms. The fraction of sp³-hybridized carbons (Fsp3) is 0.488. The van der Waals surface area contributed by atoms with Crippen LogP contribution in [-0.2, 0) is 6.42 Å². The summed E-state index contributed by atoms with van der Waals surface area (Å²) in [5.74, 6) is 0.859. The Hall–Kier alpha value is -3.13. The van der Waals surface area contributed by atoms with Crippen molar-refractivity contribution in [2.75, 3.05) is 0 Å². The molecule has 0 amide bonds. The van der Waals surface area contributed by atoms with Crippen LogP contribution in [0, 0.1) is 12.3 Å². The van der Waals surface area contributed by atoms with Crippen molar-refractivity contribution in [2.24, 2.45) is 5.41 Å². The van der Waals surface area contributed by atoms with Crippen molar-refractivity contribution in [2.45, 2.75) is 128 Å². The molecule has 0 bridgehead atoms. The average molecular weight is 581 g/mol. The zero-order chi connectivity index (χ0) is 32.5. The summed E-state index contributed by atoms with van der Waals surface area (Å²) in [6.07, 6.45) is 3.69. The molecule has 0 aliphatic carbocycles. The van der Waals surface area contributed by atoms with Gasteiger partial charge in [-0.3, -0.25) is 4.40 Å². The van der Waals surface area contributed by atoms with Gasteiger partial charge in [0.2, 0.25) is 0 Å². The molecule has 3 aromatic carbocycles. The maximum absolute atomic E-state index is 5.21. The molecule has 0 radical (unpaired) electrons. The third-order valence-electron chi connectivity index (χ3n) is 7.66. The molecular weight excluding hydrogens is 520 g/mol. The van der Waals surface area contributed by atoms with Gasteiger partial charge in [0.15, 0.2) is 0 Å². The number of benzene rings is 3. The summed E-state index contributed by atoms with van der Waals surface area (Å²) in [4.78, 5) is 5.21. The highest BCUT2D eigenvalue weighted by Crippen LogP contribution is 2.41. The quantitative estimate of drug-likeness (QED) is 0.189. The first kappa shape index (κ1) is 36.1. The number of pyridine rings is 1. The second-order valence-corrected chi connectivity index (χ2v) is 13.0. The van der Waals surface area contributed by atoms with Gasteiger partial charge in [0.25, 0.3) is 0 Å². The smallest absolute Gasteiger partial charge is 0.145 e. The Balaban J connectivity index is 0.000000733. The molecule has 5 aromatic rings. The number of hydrogen-bond acceptors (Lipinski definition) is 1. The number of unbranched alkanes of at least 4 members (excludes halogenated alkanes) is 1. The maximum Gasteiger partial charge on any atom is 0.145 e. The Bertz CT molecular complexity index is 1560. The summed E-state index contributed by atoms with van der Waals surface area (Å²) < 4.78 is 2.45. The number of hydrogen-bond donors (Lipinski definition) is 0. The van der Waals surface area contributed by atoms with E-state index >= 15 is 0 Å². The van der Waals surface area contributed by atoms with Crippen molar-refractivity contribution in [1.29, 1.82) is 0 Å². The minimum atomic E-state index is 0.243. The number of nitrogens with zero attached hydrogens (tertiary/aromatic N) is 2. The second-order valence-electron chi connectivity index (χ2n) is 13.0. The molecular formula is C41H60N2. The molecule has 0 fully saturated rings. The molecule has 5 rings (SSSR count). The van der Waals surface area contributed by atoms with Crippen LogP contribution in [0.15, 0.2) is 60.7 Å². The number of aryl methyl sites for hydroxylation is 1. The predicted molar refractivity (Wildman–Crippen MR) is 195 cm³/mol. The lowest BCUT2D eigenvalue weighted by Crippen LogP contribution is -2.09. The van der Waals surface area contributed by atoms with Crippen LogP contribution in [-0.4, -0.2) is 9.38 Å². The Morgan fingerprint density at radius 2 is 1.23 bits per heavy atom. The Kier molecular flexibility index (Phi) is 13.5. The highest BCUT2D eigenvalue weighted by Gasteiger charge is 2.24. The SMILES string of the molecule is CC.CC.CCCC.Cc1nc2c3ccccc3c3cc(CC(C)(C)C)ccc3n2c1-c1c(C(C)C)cccc1C(C)C. The van der Waals surface area contributed by atoms with Gasteiger partial charge in [-0.25, -0.2) is 4.98 Å². The molecule has 234 valence electrons. The molecule has 0 saturated heterocycles. The van der Waals surface area contributed by atoms with E-state index in [1.165, 1.54) is 62.5 Å². The van der Waals surface area contributed by atoms with E-state index in [9.17, 15) is 0 Å². The van der Waals surface area contributed by atoms with Crippen LogP contribution in [0.2, 0.25) is 0 Å². The molecule has 0 aliphatic rings. The summed E-state index contributed by atoms with van der Waals surface area (Å²) in [6, 6.07) is 22.7. The lowest BCUT2D eigenvalue weighted by molar-refractivity contribution is 0.411. The summed E-state index contributed by atoms with van der Waals surface area (Å²) in [5.41, 5.74) is 10.4. The van der Waals surface area contributed by atoms with E-state index in [1.807, 2.05) is 27.7 Å². The van der Waals surface area contributed by atoms with Crippen LogP contribution < -0.4 is 0 Å². The molecule has 0 N–H and O–H groups in total. The molecule has 0 unspecified atom stereocenters. The van der Waals surface area contributed by atoms with E-state index in [1.54, 1.807) is 0 Å². The van der Waals surface area contributed by atoms with Gasteiger partial charge in [-0.2, -0.15) is 0 Å². The Morgan fingerprint density at radius 3 is 1.72 bits per heavy atom. The number of rotatable bonds is 5. The van der Waals surface area contributed by atoms with E-state index in [-0.39, 0.29) is 5.41 Å². The van der Waals surface area contributed by atoms with Gasteiger partial charge in [-0.1, -0.05) is 151 Å². The van der Waals surface area contributed by atoms with Crippen molar-refractivity contribution < 1.29 is 0 Å². The predicted octanol–water partition coefficient (Wildman–Crippen LogP) is 13.3. The lowest BCUT2D eigenvalue weighted by Gasteiger charge is -2.22. The molecule has 0 atom stereocenters. The maximum atomic E-state index is 5.21. The van der Waals surface area contributed by atoms with Crippen LogP contribution in [0.3, 0.4) is 0 Å². The Morgan fingerprint density at radius 1 is 0.698 bits per heavy atom. The molecule has 2 aromatic heterocycles. The summed E-state index contributed by atoms with van der Waals surface area (Å²) in [6.45, 7) is 30.7. The minimum Gasteiger partial charge on any atom is -0.291 e. The van der Waals surface area contributed by atoms with E-state index in [0.29, 0.717) is 11.8 Å². The van der Waals surface area contributed by atoms with Gasteiger partial charge in [-0.15, -0.1) is 0 Å². The molecule has 0 aliphatic heterocycles. The first-order valence-electron chi connectivity index (χ1n) is 16.9. The third kappa shape index (κ3) is 8.08. The van der Waals surface area contributed by atoms with Crippen molar-refractivity contribution in [3.63, 3.8) is 0 Å². The highest BCUT2D eigenvalue weighted by molar-refractivity contribution is 6.12. The van der Waals surface area contributed by atoms with Crippen molar-refractivity contribution in [3.8, 4) is 11.3 Å². The first-order valence-corrected chi connectivity index (χ1v) is 16.9. The van der Waals surface area contributed by atoms with Crippen LogP contribution >= 0.6 is 0 Å². The third-order valence-corrected chi connectivity index (χ3v) is 7.66. The summed E-state index contributed by atoms with van der Waals surface area (Å²) in [7, 11) is 0. The lowest BCUT2D eigenvalue weighted by atomic mass is 9.86. The zero-order valence-electron chi connectivity index (χ0n) is 29.9. The van der Waals surface area contributed by atoms with Gasteiger partial charge in [0.1, 0.15) is 5.65 Å². The molecule has 2 heteroatoms. The molecule has 0 saturated carbocycles. The molecule has 0 spiro atoms. The average Bonchev–Trinajstić information content (AvgIpc) is 3.34. The van der Waals surface area contributed by atoms with Gasteiger partial charge in [-0.05, 0) is 64.8 Å². The summed E-state index contributed by atoms with van der Waals surface area (Å²) >= 11 is 0. The van der Waals surface area contributed by atoms with E-state index < -0.39 is 0 Å². The van der Waals surface area contributed by atoms with Crippen LogP contribution in [0.4, 0.5) is 0 Å². The zero-order valence-corrected chi connectivity index (χ0v) is 29.9. The topological polar surface area (TPSA) is 17.3 Å². The van der Waals surface area contributed by atoms with Gasteiger partial charge >= 0.3 is 0 Å². The summed E-state index contributed by atoms with van der Waals surface area (Å²) in [5, 5.41) is 3.81. The molecule has 2 heterocycles. The van der Waals surface area contributed by atoms with Crippen LogP contribution in [0.1, 0.15) is 137 Å². The standard InChI is InChI=1S/C33H38N2.C4H10.2C2H6/c1-20(2)24-14-11-15-25(21(3)4)30(24)31-22(5)34-32-27-13-10-9-12-26(27)28-18-23(19-33(6,7)8)16-17-29(28)35(31)32;1-3-4-2;2*1-2/h9-18,20-21H,19H2,1-8H3;3-4H2,1-2H3;2*1-2H3. The fourth-order valence-electron chi connectivity index (χ4n) is 5.69. The second kappa shape index (κ2) is 16.1. The first-order chi connectivity index (χ1) is 20.5. The van der Waals surface area contributed by atoms with Gasteiger partial charge in [0.05, 0.1) is 16.9 Å². The van der Waals surface area contributed by atoms with Crippen LogP contribution in [0.25, 0.3) is 38.6 Å². The monoisotopic (exact) mass is 580 g/mol. The van der Waals surface area contributed by atoms with Gasteiger partial charge < -0.3 is 0 Å². The van der Waals surface area contributed by atoms with Crippen LogP contribution in [0.5, 0.6) is 0 Å². The molecule has 2 nitrogen and oxygen atoms in total. The number of fused-ring (bicyclic) bond motifs is 6. The number of imidazole rings is 1. The van der Waals surface area contributed by atoms with E-state index in [4.69, 9.17) is 4.98 Å². The van der Waals surface area contributed by atoms with E-state index in [2.05, 4.69) is 134 Å². The van der Waals surface area contributed by atoms with Crippen molar-refractivity contribution in [3.05, 3.63) is 83.0 Å². The largest absolute Gasteiger partial charge is 0.291 e. The fourth-order valence-corrected chi connectivity index (χ4v) is 5.69. The number of aromatic nitrogens is 2. The minimum absolute atomic E-state index is 0.243. The van der Waals surface area contributed by atoms with Crippen molar-refractivity contribution >= 4 is 27.3 Å². The highest BCUT2D eigenvalue weighted by atomic mass is 15.0. The Labute approximate surface area is 264 Å². The van der Waals surface area contributed by atoms with E-state index in [0.717, 1.165) is 17.8 Å².